The lowest BCUT2D eigenvalue weighted by molar-refractivity contribution is 0.0217. The van der Waals surface area contributed by atoms with E-state index in [4.69, 9.17) is 0 Å². The Morgan fingerprint density at radius 3 is 2.42 bits per heavy atom. The molecule has 1 aromatic carbocycles. The number of allylic oxidation sites excluding steroid dienone is 2. The summed E-state index contributed by atoms with van der Waals surface area (Å²) >= 11 is 0. The first kappa shape index (κ1) is 37.1. The number of nitrogens with one attached hydrogen (secondary N) is 1. The second-order valence-corrected chi connectivity index (χ2v) is 14.9. The van der Waals surface area contributed by atoms with Crippen molar-refractivity contribution in [2.75, 3.05) is 37.2 Å². The van der Waals surface area contributed by atoms with Crippen LogP contribution in [-0.4, -0.2) is 81.9 Å². The number of hydrogen-bond donors (Lipinski definition) is 2. The van der Waals surface area contributed by atoms with Crippen LogP contribution in [0.25, 0.3) is 29.0 Å². The van der Waals surface area contributed by atoms with E-state index < -0.39 is 44.5 Å². The van der Waals surface area contributed by atoms with E-state index in [2.05, 4.69) is 19.6 Å². The number of benzene rings is 1. The summed E-state index contributed by atoms with van der Waals surface area (Å²) in [5.74, 6) is -2.91. The van der Waals surface area contributed by atoms with Crippen molar-refractivity contribution in [1.29, 1.82) is 0 Å². The number of aromatic nitrogens is 3. The molecule has 0 saturated carbocycles. The fourth-order valence-electron chi connectivity index (χ4n) is 6.05. The first-order valence-electron chi connectivity index (χ1n) is 16.4. The minimum Gasteiger partial charge on any atom is -0.389 e. The molecule has 0 radical (unpaired) electrons. The Hall–Kier alpha value is -3.68. The van der Waals surface area contributed by atoms with Gasteiger partial charge in [-0.25, -0.2) is 31.6 Å². The van der Waals surface area contributed by atoms with Gasteiger partial charge < -0.3 is 19.5 Å². The zero-order chi connectivity index (χ0) is 35.2. The number of hydrogen-bond acceptors (Lipinski definition) is 7. The van der Waals surface area contributed by atoms with Gasteiger partial charge in [0.15, 0.2) is 5.82 Å². The van der Waals surface area contributed by atoms with Crippen molar-refractivity contribution in [3.63, 3.8) is 0 Å². The smallest absolute Gasteiger partial charge is 0.232 e. The molecule has 13 heteroatoms. The monoisotopic (exact) mass is 688 g/mol. The van der Waals surface area contributed by atoms with E-state index in [9.17, 15) is 13.5 Å². The number of likely N-dealkylation sites (tertiary alicyclic amines) is 1. The number of sulfonamides is 1. The third-order valence-electron chi connectivity index (χ3n) is 8.49. The molecule has 0 unspecified atom stereocenters. The highest BCUT2D eigenvalue weighted by Crippen LogP contribution is 2.27. The van der Waals surface area contributed by atoms with Crippen LogP contribution in [-0.2, 0) is 10.0 Å². The van der Waals surface area contributed by atoms with Crippen LogP contribution >= 0.6 is 0 Å². The minimum atomic E-state index is -3.89. The summed E-state index contributed by atoms with van der Waals surface area (Å²) in [7, 11) is -2.06. The predicted octanol–water partition coefficient (Wildman–Crippen LogP) is 5.09. The van der Waals surface area contributed by atoms with E-state index in [1.165, 1.54) is 23.2 Å². The molecule has 0 bridgehead atoms. The predicted molar refractivity (Wildman–Crippen MR) is 185 cm³/mol. The van der Waals surface area contributed by atoms with Gasteiger partial charge in [0.25, 0.3) is 0 Å². The average molecular weight is 689 g/mol. The van der Waals surface area contributed by atoms with Crippen LogP contribution < -0.4 is 15.3 Å². The minimum absolute atomic E-state index is 0.0554. The van der Waals surface area contributed by atoms with Crippen molar-refractivity contribution >= 4 is 27.9 Å². The lowest BCUT2D eigenvalue weighted by Gasteiger charge is -2.39. The lowest BCUT2D eigenvalue weighted by atomic mass is 10.0. The van der Waals surface area contributed by atoms with Crippen molar-refractivity contribution in [3.8, 4) is 16.8 Å². The molecule has 2 aromatic heterocycles. The van der Waals surface area contributed by atoms with Gasteiger partial charge in [0.05, 0.1) is 22.4 Å². The summed E-state index contributed by atoms with van der Waals surface area (Å²) in [4.78, 5) is 12.3. The largest absolute Gasteiger partial charge is 0.389 e. The van der Waals surface area contributed by atoms with Crippen LogP contribution in [0, 0.1) is 11.6 Å². The molecule has 4 rings (SSSR count). The second-order valence-electron chi connectivity index (χ2n) is 13.0. The van der Waals surface area contributed by atoms with E-state index in [1.54, 1.807) is 40.1 Å². The summed E-state index contributed by atoms with van der Waals surface area (Å²) in [6, 6.07) is 2.08. The van der Waals surface area contributed by atoms with E-state index in [1.807, 2.05) is 24.9 Å². The number of aliphatic hydroxyl groups is 1. The van der Waals surface area contributed by atoms with Crippen molar-refractivity contribution in [2.24, 2.45) is 0 Å². The first-order chi connectivity index (χ1) is 22.7. The Labute approximate surface area is 281 Å². The molecule has 3 heterocycles. The summed E-state index contributed by atoms with van der Waals surface area (Å²) in [6.45, 7) is 11.0. The molecule has 1 aliphatic rings. The van der Waals surface area contributed by atoms with E-state index in [-0.39, 0.29) is 17.1 Å². The molecule has 0 spiro atoms. The fraction of sp³-hybridized carbons (Fsp3) is 0.486. The fourth-order valence-corrected chi connectivity index (χ4v) is 7.18. The quantitative estimate of drug-likeness (QED) is 0.258. The molecule has 0 amide bonds. The SMILES string of the molecule is CCC/C=c1/c(-c2cncnc2)cn(-c2c(F)ccc(NS(=O)(=O)CCC)c2F)/c1=C/C(F)=C(\C)N(C)C1CCN(CC(C)(C)O)CC1. The van der Waals surface area contributed by atoms with Crippen LogP contribution in [0.5, 0.6) is 0 Å². The maximum atomic E-state index is 16.4. The molecule has 2 N–H and O–H groups in total. The molecule has 0 aliphatic carbocycles. The Morgan fingerprint density at radius 2 is 1.81 bits per heavy atom. The van der Waals surface area contributed by atoms with Gasteiger partial charge in [0.2, 0.25) is 10.0 Å². The highest BCUT2D eigenvalue weighted by Gasteiger charge is 2.27. The Morgan fingerprint density at radius 1 is 1.15 bits per heavy atom. The van der Waals surface area contributed by atoms with Gasteiger partial charge in [0.1, 0.15) is 23.7 Å². The van der Waals surface area contributed by atoms with E-state index in [0.29, 0.717) is 41.4 Å². The maximum absolute atomic E-state index is 16.4. The van der Waals surface area contributed by atoms with Crippen LogP contribution in [0.2, 0.25) is 0 Å². The molecule has 1 fully saturated rings. The van der Waals surface area contributed by atoms with Crippen LogP contribution in [0.15, 0.2) is 48.6 Å². The molecule has 48 heavy (non-hydrogen) atoms. The molecule has 1 aliphatic heterocycles. The van der Waals surface area contributed by atoms with Gasteiger partial charge in [-0.15, -0.1) is 0 Å². The van der Waals surface area contributed by atoms with E-state index in [0.717, 1.165) is 44.5 Å². The summed E-state index contributed by atoms with van der Waals surface area (Å²) in [5.41, 5.74) is -0.318. The number of halogens is 3. The number of anilines is 1. The normalized spacial score (nSPS) is 16.4. The molecule has 0 atom stereocenters. The van der Waals surface area contributed by atoms with Gasteiger partial charge in [-0.3, -0.25) is 4.72 Å². The van der Waals surface area contributed by atoms with E-state index >= 15 is 13.2 Å². The van der Waals surface area contributed by atoms with Crippen molar-refractivity contribution < 1.29 is 26.7 Å². The van der Waals surface area contributed by atoms with Gasteiger partial charge in [0, 0.05) is 79.4 Å². The molecular formula is C35H47F3N6O3S. The number of nitrogens with zero attached hydrogens (tertiary/aromatic N) is 5. The number of β-amino-alcohol motifs (C(OH)–C–C–N with tert-alkyl or cyclic N) is 1. The topological polar surface area (TPSA) is 104 Å². The van der Waals surface area contributed by atoms with Gasteiger partial charge in [-0.05, 0) is 58.6 Å². The molecular weight excluding hydrogens is 641 g/mol. The Balaban J connectivity index is 1.89. The van der Waals surface area contributed by atoms with Crippen LogP contribution in [0.1, 0.15) is 66.7 Å². The van der Waals surface area contributed by atoms with Crippen LogP contribution in [0.3, 0.4) is 0 Å². The number of piperidine rings is 1. The van der Waals surface area contributed by atoms with Gasteiger partial charge in [-0.1, -0.05) is 26.3 Å². The van der Waals surface area contributed by atoms with Crippen molar-refractivity contribution in [2.45, 2.75) is 78.4 Å². The van der Waals surface area contributed by atoms with Crippen molar-refractivity contribution in [1.82, 2.24) is 24.3 Å². The molecule has 9 nitrogen and oxygen atoms in total. The first-order valence-corrected chi connectivity index (χ1v) is 18.0. The van der Waals surface area contributed by atoms with Crippen molar-refractivity contribution in [3.05, 3.63) is 70.8 Å². The average Bonchev–Trinajstić information content (AvgIpc) is 3.37. The zero-order valence-corrected chi connectivity index (χ0v) is 29.4. The lowest BCUT2D eigenvalue weighted by Crippen LogP contribution is -2.47. The molecule has 262 valence electrons. The van der Waals surface area contributed by atoms with Gasteiger partial charge >= 0.3 is 0 Å². The Kier molecular flexibility index (Phi) is 12.1. The third-order valence-corrected chi connectivity index (χ3v) is 9.97. The second kappa shape index (κ2) is 15.7. The molecule has 1 saturated heterocycles. The zero-order valence-electron chi connectivity index (χ0n) is 28.6. The van der Waals surface area contributed by atoms with Gasteiger partial charge in [-0.2, -0.15) is 0 Å². The van der Waals surface area contributed by atoms with Crippen LogP contribution in [0.4, 0.5) is 18.9 Å². The summed E-state index contributed by atoms with van der Waals surface area (Å²) < 4.78 is 76.8. The number of unbranched alkanes of at least 4 members (excludes halogenated alkanes) is 1. The summed E-state index contributed by atoms with van der Waals surface area (Å²) in [6.07, 6.45) is 12.4. The standard InChI is InChI=1S/C35H47F3N6O3S/c1-7-9-10-27-28(25-19-39-23-40-20-25)21-44(34-29(36)11-12-31(33(34)38)41-48(46,47)17-8-2)32(27)18-30(37)24(3)42(6)26-13-15-43(16-14-26)22-35(4,5)45/h10-12,18-21,23,26,41,45H,7-9,13-17,22H2,1-6H3/b27-10-,30-24-,32-18+. The Bertz CT molecular complexity index is 1830. The summed E-state index contributed by atoms with van der Waals surface area (Å²) in [5, 5.41) is 10.9. The third kappa shape index (κ3) is 9.06. The number of rotatable bonds is 13. The molecule has 3 aromatic rings. The highest BCUT2D eigenvalue weighted by molar-refractivity contribution is 7.92. The highest BCUT2D eigenvalue weighted by atomic mass is 32.2. The maximum Gasteiger partial charge on any atom is 0.232 e.